The second kappa shape index (κ2) is 7.69. The highest BCUT2D eigenvalue weighted by atomic mass is 32.2. The van der Waals surface area contributed by atoms with Gasteiger partial charge >= 0.3 is 5.69 Å². The Bertz CT molecular complexity index is 1360. The lowest BCUT2D eigenvalue weighted by molar-refractivity contribution is -0.116. The van der Waals surface area contributed by atoms with Crippen molar-refractivity contribution < 1.29 is 4.79 Å². The van der Waals surface area contributed by atoms with Gasteiger partial charge in [0.15, 0.2) is 17.3 Å². The zero-order chi connectivity index (χ0) is 21.7. The van der Waals surface area contributed by atoms with Gasteiger partial charge in [0.2, 0.25) is 0 Å². The molecule has 1 N–H and O–H groups in total. The maximum absolute atomic E-state index is 12.8. The van der Waals surface area contributed by atoms with E-state index in [-0.39, 0.29) is 28.9 Å². The third-order valence-corrected chi connectivity index (χ3v) is 7.33. The van der Waals surface area contributed by atoms with Crippen LogP contribution in [-0.4, -0.2) is 36.0 Å². The number of Topliss-reactive ketones (excluding diaryl/α,β-unsaturated/α-hetero) is 1. The van der Waals surface area contributed by atoms with Crippen molar-refractivity contribution >= 4 is 39.9 Å². The number of hydrogen-bond acceptors (Lipinski definition) is 9. The minimum Gasteiger partial charge on any atom is -0.297 e. The van der Waals surface area contributed by atoms with E-state index < -0.39 is 17.2 Å². The molecule has 11 heteroatoms. The zero-order valence-electron chi connectivity index (χ0n) is 16.6. The first-order valence-corrected chi connectivity index (χ1v) is 11.9. The number of H-pyrrole nitrogens is 1. The third-order valence-electron chi connectivity index (χ3n) is 5.31. The van der Waals surface area contributed by atoms with Crippen LogP contribution in [0.4, 0.5) is 0 Å². The molecule has 0 bridgehead atoms. The summed E-state index contributed by atoms with van der Waals surface area (Å²) in [6, 6.07) is 2.07. The molecule has 1 atom stereocenters. The van der Waals surface area contributed by atoms with Gasteiger partial charge < -0.3 is 0 Å². The fraction of sp³-hybridized carbons (Fsp3) is 0.450. The van der Waals surface area contributed by atoms with Crippen LogP contribution in [-0.2, 0) is 4.79 Å². The van der Waals surface area contributed by atoms with Crippen molar-refractivity contribution in [3.05, 3.63) is 42.7 Å². The molecule has 0 aromatic carbocycles. The number of fused-ring (bicyclic) bond motifs is 1. The van der Waals surface area contributed by atoms with Crippen LogP contribution < -0.4 is 11.2 Å². The summed E-state index contributed by atoms with van der Waals surface area (Å²) in [7, 11) is 0. The lowest BCUT2D eigenvalue weighted by Gasteiger charge is -2.12. The molecule has 1 unspecified atom stereocenters. The highest BCUT2D eigenvalue weighted by molar-refractivity contribution is 8.00. The summed E-state index contributed by atoms with van der Waals surface area (Å²) in [6.45, 7) is 1.81. The highest BCUT2D eigenvalue weighted by Crippen LogP contribution is 2.41. The molecule has 0 amide bonds. The number of nitrogens with zero attached hydrogens (tertiary/aromatic N) is 5. The molecular formula is C20H18N6O3S2. The van der Waals surface area contributed by atoms with Gasteiger partial charge in [-0.25, -0.2) is 19.7 Å². The predicted octanol–water partition coefficient (Wildman–Crippen LogP) is 2.43. The van der Waals surface area contributed by atoms with Crippen LogP contribution in [0.2, 0.25) is 0 Å². The van der Waals surface area contributed by atoms with Crippen LogP contribution in [0.1, 0.15) is 60.1 Å². The summed E-state index contributed by atoms with van der Waals surface area (Å²) < 4.78 is 1.55. The molecule has 0 spiro atoms. The summed E-state index contributed by atoms with van der Waals surface area (Å²) in [5.41, 5.74) is 0.0920. The number of carbonyl (C=O) groups is 1. The van der Waals surface area contributed by atoms with E-state index in [9.17, 15) is 19.6 Å². The maximum Gasteiger partial charge on any atom is 0.330 e. The van der Waals surface area contributed by atoms with E-state index in [1.54, 1.807) is 9.95 Å². The molecular weight excluding hydrogens is 436 g/mol. The lowest BCUT2D eigenvalue weighted by atomic mass is 10.1. The van der Waals surface area contributed by atoms with Crippen molar-refractivity contribution in [2.24, 2.45) is 0 Å². The number of aromatic nitrogens is 5. The van der Waals surface area contributed by atoms with Crippen LogP contribution in [0.3, 0.4) is 0 Å². The Kier molecular flexibility index (Phi) is 4.98. The van der Waals surface area contributed by atoms with E-state index in [1.807, 2.05) is 13.0 Å². The van der Waals surface area contributed by atoms with Gasteiger partial charge in [0, 0.05) is 23.0 Å². The quantitative estimate of drug-likeness (QED) is 0.425. The topological polar surface area (TPSA) is 134 Å². The number of nitriles is 1. The molecule has 2 saturated carbocycles. The average molecular weight is 455 g/mol. The van der Waals surface area contributed by atoms with Crippen molar-refractivity contribution in [3.8, 4) is 6.07 Å². The van der Waals surface area contributed by atoms with Gasteiger partial charge in [-0.2, -0.15) is 5.26 Å². The molecule has 9 nitrogen and oxygen atoms in total. The lowest BCUT2D eigenvalue weighted by Crippen LogP contribution is -2.31. The number of thioether (sulfide) groups is 1. The predicted molar refractivity (Wildman–Crippen MR) is 116 cm³/mol. The van der Waals surface area contributed by atoms with E-state index in [2.05, 4.69) is 19.9 Å². The Morgan fingerprint density at radius 3 is 2.71 bits per heavy atom. The molecule has 3 aromatic rings. The number of ketones is 1. The summed E-state index contributed by atoms with van der Waals surface area (Å²) in [6.07, 6.45) is 3.65. The molecule has 0 aliphatic heterocycles. The van der Waals surface area contributed by atoms with Crippen molar-refractivity contribution in [2.45, 2.75) is 55.5 Å². The van der Waals surface area contributed by atoms with Gasteiger partial charge in [0.1, 0.15) is 21.2 Å². The van der Waals surface area contributed by atoms with E-state index in [1.165, 1.54) is 11.3 Å². The van der Waals surface area contributed by atoms with Crippen molar-refractivity contribution in [2.75, 3.05) is 5.75 Å². The summed E-state index contributed by atoms with van der Waals surface area (Å²) in [4.78, 5) is 53.7. The molecule has 3 heterocycles. The standard InChI is InChI=1S/C20H18N6O3S2/c1-9-7-30-18(22-9)12(6-21)13(27)8-31-19-14-16(23-15(24-19)10-2-3-10)26(11-4-5-11)20(29)25-17(14)28/h7,10-12H,2-5,8H2,1H3,(H,25,28,29). The van der Waals surface area contributed by atoms with Gasteiger partial charge in [-0.15, -0.1) is 11.3 Å². The average Bonchev–Trinajstić information content (AvgIpc) is 3.65. The fourth-order valence-corrected chi connectivity index (χ4v) is 5.22. The molecule has 2 fully saturated rings. The molecule has 2 aliphatic carbocycles. The van der Waals surface area contributed by atoms with Crippen molar-refractivity contribution in [1.29, 1.82) is 5.26 Å². The van der Waals surface area contributed by atoms with E-state index in [4.69, 9.17) is 0 Å². The number of aryl methyl sites for hydroxylation is 1. The smallest absolute Gasteiger partial charge is 0.297 e. The number of hydrogen-bond donors (Lipinski definition) is 1. The van der Waals surface area contributed by atoms with E-state index in [0.717, 1.165) is 43.1 Å². The summed E-state index contributed by atoms with van der Waals surface area (Å²) in [5, 5.41) is 12.4. The molecule has 0 radical (unpaired) electrons. The summed E-state index contributed by atoms with van der Waals surface area (Å²) in [5.74, 6) is -0.464. The van der Waals surface area contributed by atoms with E-state index >= 15 is 0 Å². The first-order chi connectivity index (χ1) is 15.0. The molecule has 0 saturated heterocycles. The van der Waals surface area contributed by atoms with Gasteiger partial charge in [0.05, 0.1) is 11.8 Å². The maximum atomic E-state index is 12.8. The molecule has 31 heavy (non-hydrogen) atoms. The normalized spacial score (nSPS) is 16.9. The van der Waals surface area contributed by atoms with Crippen LogP contribution in [0.25, 0.3) is 11.0 Å². The molecule has 2 aliphatic rings. The highest BCUT2D eigenvalue weighted by Gasteiger charge is 2.32. The van der Waals surface area contributed by atoms with Gasteiger partial charge in [-0.05, 0) is 32.6 Å². The van der Waals surface area contributed by atoms with Crippen LogP contribution in [0, 0.1) is 18.3 Å². The summed E-state index contributed by atoms with van der Waals surface area (Å²) >= 11 is 2.40. The first kappa shape index (κ1) is 20.1. The second-order valence-electron chi connectivity index (χ2n) is 7.86. The number of thiazole rings is 1. The molecule has 5 rings (SSSR count). The Morgan fingerprint density at radius 2 is 2.10 bits per heavy atom. The van der Waals surface area contributed by atoms with Crippen LogP contribution in [0.5, 0.6) is 0 Å². The number of carbonyl (C=O) groups excluding carboxylic acids is 1. The number of nitrogens with one attached hydrogen (secondary N) is 1. The first-order valence-electron chi connectivity index (χ1n) is 10.00. The molecule has 3 aromatic heterocycles. The van der Waals surface area contributed by atoms with Crippen LogP contribution >= 0.6 is 23.1 Å². The Labute approximate surface area is 184 Å². The van der Waals surface area contributed by atoms with Gasteiger partial charge in [0.25, 0.3) is 5.56 Å². The number of aromatic amines is 1. The zero-order valence-corrected chi connectivity index (χ0v) is 18.3. The Balaban J connectivity index is 1.53. The fourth-order valence-electron chi connectivity index (χ4n) is 3.43. The van der Waals surface area contributed by atoms with Crippen molar-refractivity contribution in [1.82, 2.24) is 24.5 Å². The van der Waals surface area contributed by atoms with Crippen LogP contribution in [0.15, 0.2) is 20.0 Å². The van der Waals surface area contributed by atoms with Gasteiger partial charge in [-0.3, -0.25) is 19.1 Å². The monoisotopic (exact) mass is 454 g/mol. The SMILES string of the molecule is Cc1csc(C(C#N)C(=O)CSc2nc(C3CC3)nc3c2c(=O)[nH]c(=O)n3C2CC2)n1. The minimum absolute atomic E-state index is 0.0318. The second-order valence-corrected chi connectivity index (χ2v) is 9.72. The van der Waals surface area contributed by atoms with Crippen molar-refractivity contribution in [3.63, 3.8) is 0 Å². The minimum atomic E-state index is -0.954. The number of rotatable bonds is 7. The Morgan fingerprint density at radius 1 is 1.32 bits per heavy atom. The van der Waals surface area contributed by atoms with Gasteiger partial charge in [-0.1, -0.05) is 11.8 Å². The van der Waals surface area contributed by atoms with E-state index in [0.29, 0.717) is 21.5 Å². The Hall–Kier alpha value is -2.84. The molecule has 158 valence electrons. The largest absolute Gasteiger partial charge is 0.330 e. The third kappa shape index (κ3) is 3.81.